The van der Waals surface area contributed by atoms with Gasteiger partial charge in [0.2, 0.25) is 5.91 Å². The van der Waals surface area contributed by atoms with Crippen molar-refractivity contribution in [2.45, 2.75) is 19.6 Å². The molecule has 0 bridgehead atoms. The standard InChI is InChI=1S/C18H21NO2S/c1-13-7-8-14(2)15(9-13)11-22-12-18(20)19-16-5-4-6-17(10-16)21-3/h4-10H,11-12H2,1-3H3,(H,19,20). The average Bonchev–Trinajstić information content (AvgIpc) is 2.51. The van der Waals surface area contributed by atoms with E-state index in [1.165, 1.54) is 16.7 Å². The van der Waals surface area contributed by atoms with Crippen LogP contribution in [0.1, 0.15) is 16.7 Å². The lowest BCUT2D eigenvalue weighted by molar-refractivity contribution is -0.113. The molecule has 2 aromatic carbocycles. The van der Waals surface area contributed by atoms with Crippen LogP contribution in [0.5, 0.6) is 5.75 Å². The maximum Gasteiger partial charge on any atom is 0.234 e. The van der Waals surface area contributed by atoms with Gasteiger partial charge in [-0.15, -0.1) is 11.8 Å². The fourth-order valence-electron chi connectivity index (χ4n) is 2.11. The van der Waals surface area contributed by atoms with Gasteiger partial charge in [-0.2, -0.15) is 0 Å². The van der Waals surface area contributed by atoms with E-state index in [0.717, 1.165) is 17.2 Å². The number of carbonyl (C=O) groups excluding carboxylic acids is 1. The van der Waals surface area contributed by atoms with Crippen molar-refractivity contribution >= 4 is 23.4 Å². The fraction of sp³-hybridized carbons (Fsp3) is 0.278. The number of anilines is 1. The van der Waals surface area contributed by atoms with Crippen molar-refractivity contribution in [2.24, 2.45) is 0 Å². The molecule has 0 atom stereocenters. The minimum Gasteiger partial charge on any atom is -0.497 e. The molecule has 0 spiro atoms. The number of amides is 1. The molecule has 0 radical (unpaired) electrons. The van der Waals surface area contributed by atoms with Crippen LogP contribution in [0.15, 0.2) is 42.5 Å². The summed E-state index contributed by atoms with van der Waals surface area (Å²) in [5.74, 6) is 2.02. The van der Waals surface area contributed by atoms with Gasteiger partial charge in [-0.25, -0.2) is 0 Å². The van der Waals surface area contributed by atoms with E-state index in [1.807, 2.05) is 24.3 Å². The molecule has 4 heteroatoms. The molecule has 1 amide bonds. The zero-order valence-electron chi connectivity index (χ0n) is 13.2. The highest BCUT2D eigenvalue weighted by molar-refractivity contribution is 7.99. The van der Waals surface area contributed by atoms with Gasteiger partial charge in [-0.3, -0.25) is 4.79 Å². The highest BCUT2D eigenvalue weighted by Gasteiger charge is 2.05. The molecule has 3 nitrogen and oxygen atoms in total. The van der Waals surface area contributed by atoms with Crippen LogP contribution in [0.2, 0.25) is 0 Å². The van der Waals surface area contributed by atoms with Crippen molar-refractivity contribution in [3.63, 3.8) is 0 Å². The molecule has 2 aromatic rings. The summed E-state index contributed by atoms with van der Waals surface area (Å²) in [5.41, 5.74) is 4.57. The van der Waals surface area contributed by atoms with E-state index in [-0.39, 0.29) is 5.91 Å². The molecule has 0 saturated heterocycles. The summed E-state index contributed by atoms with van der Waals surface area (Å²) in [6.07, 6.45) is 0. The third-order valence-electron chi connectivity index (χ3n) is 3.35. The summed E-state index contributed by atoms with van der Waals surface area (Å²) >= 11 is 1.62. The number of carbonyl (C=O) groups is 1. The Labute approximate surface area is 136 Å². The Morgan fingerprint density at radius 1 is 1.18 bits per heavy atom. The van der Waals surface area contributed by atoms with Crippen LogP contribution >= 0.6 is 11.8 Å². The van der Waals surface area contributed by atoms with Gasteiger partial charge in [0.05, 0.1) is 12.9 Å². The first-order chi connectivity index (χ1) is 10.6. The number of nitrogens with one attached hydrogen (secondary N) is 1. The van der Waals surface area contributed by atoms with Crippen molar-refractivity contribution in [3.8, 4) is 5.75 Å². The van der Waals surface area contributed by atoms with E-state index in [0.29, 0.717) is 5.75 Å². The first kappa shape index (κ1) is 16.4. The number of rotatable bonds is 6. The van der Waals surface area contributed by atoms with Crippen molar-refractivity contribution in [1.29, 1.82) is 0 Å². The SMILES string of the molecule is COc1cccc(NC(=O)CSCc2cc(C)ccc2C)c1. The van der Waals surface area contributed by atoms with Gasteiger partial charge in [-0.05, 0) is 37.1 Å². The Morgan fingerprint density at radius 3 is 2.77 bits per heavy atom. The first-order valence-corrected chi connectivity index (χ1v) is 8.32. The van der Waals surface area contributed by atoms with Crippen molar-refractivity contribution in [1.82, 2.24) is 0 Å². The smallest absolute Gasteiger partial charge is 0.234 e. The minimum absolute atomic E-state index is 0.00330. The highest BCUT2D eigenvalue weighted by atomic mass is 32.2. The van der Waals surface area contributed by atoms with Gasteiger partial charge in [0.25, 0.3) is 0 Å². The van der Waals surface area contributed by atoms with Crippen molar-refractivity contribution in [2.75, 3.05) is 18.2 Å². The predicted octanol–water partition coefficient (Wildman–Crippen LogP) is 4.18. The topological polar surface area (TPSA) is 38.3 Å². The van der Waals surface area contributed by atoms with E-state index in [1.54, 1.807) is 18.9 Å². The van der Waals surface area contributed by atoms with Crippen molar-refractivity contribution < 1.29 is 9.53 Å². The number of thioether (sulfide) groups is 1. The Hall–Kier alpha value is -1.94. The van der Waals surface area contributed by atoms with Crippen LogP contribution in [0, 0.1) is 13.8 Å². The van der Waals surface area contributed by atoms with Crippen LogP contribution in [0.25, 0.3) is 0 Å². The largest absolute Gasteiger partial charge is 0.497 e. The van der Waals surface area contributed by atoms with Crippen LogP contribution < -0.4 is 10.1 Å². The average molecular weight is 315 g/mol. The lowest BCUT2D eigenvalue weighted by Crippen LogP contribution is -2.14. The molecule has 0 aliphatic heterocycles. The Balaban J connectivity index is 1.84. The fourth-order valence-corrected chi connectivity index (χ4v) is 3.00. The Morgan fingerprint density at radius 2 is 2.00 bits per heavy atom. The van der Waals surface area contributed by atoms with Gasteiger partial charge in [0.15, 0.2) is 0 Å². The Bertz CT molecular complexity index is 655. The molecule has 0 heterocycles. The van der Waals surface area contributed by atoms with E-state index in [9.17, 15) is 4.79 Å². The number of hydrogen-bond acceptors (Lipinski definition) is 3. The molecule has 0 aliphatic carbocycles. The zero-order valence-corrected chi connectivity index (χ0v) is 14.0. The van der Waals surface area contributed by atoms with Crippen LogP contribution in [0.4, 0.5) is 5.69 Å². The van der Waals surface area contributed by atoms with Gasteiger partial charge >= 0.3 is 0 Å². The molecule has 116 valence electrons. The lowest BCUT2D eigenvalue weighted by atomic mass is 10.1. The summed E-state index contributed by atoms with van der Waals surface area (Å²) < 4.78 is 5.14. The summed E-state index contributed by atoms with van der Waals surface area (Å²) in [7, 11) is 1.61. The molecule has 0 aromatic heterocycles. The second-order valence-corrected chi connectivity index (χ2v) is 6.19. The maximum absolute atomic E-state index is 12.0. The molecular formula is C18H21NO2S. The molecule has 0 aliphatic rings. The summed E-state index contributed by atoms with van der Waals surface area (Å²) in [4.78, 5) is 12.0. The third-order valence-corrected chi connectivity index (χ3v) is 4.33. The summed E-state index contributed by atoms with van der Waals surface area (Å²) in [6.45, 7) is 4.19. The molecule has 0 saturated carbocycles. The monoisotopic (exact) mass is 315 g/mol. The van der Waals surface area contributed by atoms with Crippen molar-refractivity contribution in [3.05, 3.63) is 59.2 Å². The summed E-state index contributed by atoms with van der Waals surface area (Å²) in [5, 5.41) is 2.89. The van der Waals surface area contributed by atoms with Gasteiger partial charge in [0.1, 0.15) is 5.75 Å². The second-order valence-electron chi connectivity index (χ2n) is 5.20. The number of methoxy groups -OCH3 is 1. The molecule has 0 unspecified atom stereocenters. The quantitative estimate of drug-likeness (QED) is 0.869. The van der Waals surface area contributed by atoms with Gasteiger partial charge in [-0.1, -0.05) is 29.8 Å². The molecule has 22 heavy (non-hydrogen) atoms. The van der Waals surface area contributed by atoms with Crippen LogP contribution in [-0.4, -0.2) is 18.8 Å². The van der Waals surface area contributed by atoms with Crippen LogP contribution in [-0.2, 0) is 10.5 Å². The predicted molar refractivity (Wildman–Crippen MR) is 93.7 cm³/mol. The lowest BCUT2D eigenvalue weighted by Gasteiger charge is -2.08. The molecule has 2 rings (SSSR count). The zero-order chi connectivity index (χ0) is 15.9. The van der Waals surface area contributed by atoms with Crippen LogP contribution in [0.3, 0.4) is 0 Å². The molecule has 1 N–H and O–H groups in total. The third kappa shape index (κ3) is 4.81. The second kappa shape index (κ2) is 7.90. The number of hydrogen-bond donors (Lipinski definition) is 1. The highest BCUT2D eigenvalue weighted by Crippen LogP contribution is 2.19. The number of aryl methyl sites for hydroxylation is 2. The van der Waals surface area contributed by atoms with Gasteiger partial charge < -0.3 is 10.1 Å². The number of ether oxygens (including phenoxy) is 1. The normalized spacial score (nSPS) is 10.3. The molecule has 0 fully saturated rings. The first-order valence-electron chi connectivity index (χ1n) is 7.16. The van der Waals surface area contributed by atoms with E-state index < -0.39 is 0 Å². The van der Waals surface area contributed by atoms with E-state index in [4.69, 9.17) is 4.74 Å². The minimum atomic E-state index is 0.00330. The summed E-state index contributed by atoms with van der Waals surface area (Å²) in [6, 6.07) is 13.8. The number of benzene rings is 2. The van der Waals surface area contributed by atoms with Gasteiger partial charge in [0, 0.05) is 17.5 Å². The van der Waals surface area contributed by atoms with E-state index >= 15 is 0 Å². The molecular weight excluding hydrogens is 294 g/mol. The maximum atomic E-state index is 12.0. The van der Waals surface area contributed by atoms with E-state index in [2.05, 4.69) is 37.4 Å². The Kier molecular flexibility index (Phi) is 5.90.